The zero-order valence-electron chi connectivity index (χ0n) is 33.1. The quantitative estimate of drug-likeness (QED) is 0.132. The first kappa shape index (κ1) is 38.6. The van der Waals surface area contributed by atoms with Crippen LogP contribution in [0.15, 0.2) is 36.4 Å². The summed E-state index contributed by atoms with van der Waals surface area (Å²) < 4.78 is 26.8. The predicted octanol–water partition coefficient (Wildman–Crippen LogP) is 10.5. The average Bonchev–Trinajstić information content (AvgIpc) is 3.32. The van der Waals surface area contributed by atoms with Crippen molar-refractivity contribution in [2.24, 2.45) is 10.8 Å². The second kappa shape index (κ2) is 15.6. The van der Waals surface area contributed by atoms with Gasteiger partial charge >= 0.3 is 14.2 Å². The minimum Gasteiger partial charge on any atom is -0.407 e. The molecule has 3 aliphatic rings. The molecule has 4 nitrogen and oxygen atoms in total. The highest BCUT2D eigenvalue weighted by atomic mass is 16.6. The summed E-state index contributed by atoms with van der Waals surface area (Å²) in [5, 5.41) is 0. The summed E-state index contributed by atoms with van der Waals surface area (Å²) in [7, 11) is -0.751. The van der Waals surface area contributed by atoms with Crippen LogP contribution in [0.2, 0.25) is 0 Å². The molecule has 2 fully saturated rings. The number of fused-ring (bicyclic) bond motifs is 3. The molecule has 2 aromatic carbocycles. The second-order valence-corrected chi connectivity index (χ2v) is 18.0. The third-order valence-corrected chi connectivity index (χ3v) is 13.1. The molecule has 5 rings (SSSR count). The molecule has 2 aromatic rings. The summed E-state index contributed by atoms with van der Waals surface area (Å²) >= 11 is 0. The van der Waals surface area contributed by atoms with Gasteiger partial charge < -0.3 is 18.6 Å². The van der Waals surface area contributed by atoms with Crippen molar-refractivity contribution in [1.29, 1.82) is 0 Å². The fraction of sp³-hybridized carbons (Fsp3) is 0.721. The van der Waals surface area contributed by atoms with Crippen LogP contribution in [0, 0.1) is 10.8 Å². The van der Waals surface area contributed by atoms with E-state index in [0.29, 0.717) is 13.2 Å². The minimum absolute atomic E-state index is 0.0625. The fourth-order valence-corrected chi connectivity index (χ4v) is 8.21. The van der Waals surface area contributed by atoms with Crippen molar-refractivity contribution in [3.8, 4) is 11.1 Å². The van der Waals surface area contributed by atoms with Crippen LogP contribution in [-0.2, 0) is 24.0 Å². The SMILES string of the molecule is CCCCCCCCC1(CCCCCCCC)c2cc(B3OCC(C)(C)C(C)(C)O3)ccc2-c2cccc(B3OCC(C)(C)C(C)(C)O3)c21. The number of hydrogen-bond acceptors (Lipinski definition) is 4. The highest BCUT2D eigenvalue weighted by Gasteiger charge is 2.52. The minimum atomic E-state index is -0.381. The molecular formula is C43H68B2O4. The number of rotatable bonds is 16. The lowest BCUT2D eigenvalue weighted by molar-refractivity contribution is -0.0940. The molecule has 0 aromatic heterocycles. The van der Waals surface area contributed by atoms with Crippen molar-refractivity contribution in [2.45, 2.75) is 176 Å². The molecule has 0 unspecified atom stereocenters. The molecule has 0 radical (unpaired) electrons. The van der Waals surface area contributed by atoms with Crippen LogP contribution in [0.1, 0.15) is 170 Å². The molecule has 0 amide bonds. The van der Waals surface area contributed by atoms with Crippen LogP contribution in [0.4, 0.5) is 0 Å². The van der Waals surface area contributed by atoms with Gasteiger partial charge in [0.2, 0.25) is 0 Å². The van der Waals surface area contributed by atoms with E-state index in [9.17, 15) is 0 Å². The zero-order valence-corrected chi connectivity index (χ0v) is 33.1. The zero-order chi connectivity index (χ0) is 35.5. The topological polar surface area (TPSA) is 36.9 Å². The Bertz CT molecular complexity index is 1380. The number of benzene rings is 2. The Morgan fingerprint density at radius 2 is 1.08 bits per heavy atom. The Balaban J connectivity index is 1.59. The van der Waals surface area contributed by atoms with E-state index >= 15 is 0 Å². The van der Waals surface area contributed by atoms with Crippen LogP contribution < -0.4 is 10.9 Å². The molecule has 2 heterocycles. The summed E-state index contributed by atoms with van der Waals surface area (Å²) in [6.07, 6.45) is 17.8. The van der Waals surface area contributed by atoms with Crippen molar-refractivity contribution < 1.29 is 18.6 Å². The molecule has 2 aliphatic heterocycles. The number of hydrogen-bond donors (Lipinski definition) is 0. The molecule has 270 valence electrons. The molecule has 0 atom stereocenters. The van der Waals surface area contributed by atoms with Gasteiger partial charge in [-0.15, -0.1) is 0 Å². The van der Waals surface area contributed by atoms with Gasteiger partial charge in [-0.1, -0.05) is 155 Å². The van der Waals surface area contributed by atoms with Gasteiger partial charge in [0.1, 0.15) is 0 Å². The Kier molecular flexibility index (Phi) is 12.3. The number of unbranched alkanes of at least 4 members (excludes halogenated alkanes) is 10. The molecular weight excluding hydrogens is 602 g/mol. The van der Waals surface area contributed by atoms with Crippen molar-refractivity contribution in [3.05, 3.63) is 47.5 Å². The van der Waals surface area contributed by atoms with Crippen LogP contribution >= 0.6 is 0 Å². The fourth-order valence-electron chi connectivity index (χ4n) is 8.21. The van der Waals surface area contributed by atoms with E-state index in [2.05, 4.69) is 106 Å². The van der Waals surface area contributed by atoms with Crippen LogP contribution in [0.3, 0.4) is 0 Å². The summed E-state index contributed by atoms with van der Waals surface area (Å²) in [6, 6.07) is 14.0. The summed E-state index contributed by atoms with van der Waals surface area (Å²) in [6.45, 7) is 23.9. The monoisotopic (exact) mass is 671 g/mol. The second-order valence-electron chi connectivity index (χ2n) is 18.0. The molecule has 0 bridgehead atoms. The van der Waals surface area contributed by atoms with Crippen molar-refractivity contribution in [2.75, 3.05) is 13.2 Å². The first-order valence-electron chi connectivity index (χ1n) is 20.1. The van der Waals surface area contributed by atoms with Gasteiger partial charge in [-0.3, -0.25) is 0 Å². The van der Waals surface area contributed by atoms with Gasteiger partial charge in [-0.05, 0) is 73.7 Å². The van der Waals surface area contributed by atoms with Gasteiger partial charge in [0.05, 0.1) is 11.2 Å². The van der Waals surface area contributed by atoms with Gasteiger partial charge in [-0.25, -0.2) is 0 Å². The lowest BCUT2D eigenvalue weighted by Gasteiger charge is -2.48. The van der Waals surface area contributed by atoms with E-state index in [1.807, 2.05) is 0 Å². The standard InChI is InChI=1S/C43H68B2O4/c1-11-13-15-17-19-21-28-43(29-22-20-18-16-14-12-2)36-30-33(44-46-31-39(3,4)41(7,8)48-44)26-27-34(36)35-24-23-25-37(38(35)43)45-47-32-40(5,6)42(9,10)49-45/h23-27,30H,11-22,28-29,31-32H2,1-10H3. The van der Waals surface area contributed by atoms with E-state index < -0.39 is 0 Å². The maximum Gasteiger partial charge on any atom is 0.494 e. The summed E-state index contributed by atoms with van der Waals surface area (Å²) in [4.78, 5) is 0. The van der Waals surface area contributed by atoms with E-state index in [1.54, 1.807) is 0 Å². The van der Waals surface area contributed by atoms with Gasteiger partial charge in [0.25, 0.3) is 0 Å². The molecule has 0 N–H and O–H groups in total. The maximum atomic E-state index is 6.93. The Labute approximate surface area is 301 Å². The maximum absolute atomic E-state index is 6.93. The first-order chi connectivity index (χ1) is 23.2. The molecule has 0 spiro atoms. The highest BCUT2D eigenvalue weighted by molar-refractivity contribution is 6.63. The van der Waals surface area contributed by atoms with Crippen molar-refractivity contribution in [1.82, 2.24) is 0 Å². The van der Waals surface area contributed by atoms with E-state index in [1.165, 1.54) is 105 Å². The highest BCUT2D eigenvalue weighted by Crippen LogP contribution is 2.54. The largest absolute Gasteiger partial charge is 0.494 e. The molecule has 1 aliphatic carbocycles. The Morgan fingerprint density at radius 3 is 1.63 bits per heavy atom. The Hall–Kier alpha value is -1.59. The molecule has 49 heavy (non-hydrogen) atoms. The average molecular weight is 671 g/mol. The predicted molar refractivity (Wildman–Crippen MR) is 209 cm³/mol. The first-order valence-corrected chi connectivity index (χ1v) is 20.1. The van der Waals surface area contributed by atoms with Gasteiger partial charge in [-0.2, -0.15) is 0 Å². The van der Waals surface area contributed by atoms with Gasteiger partial charge in [0, 0.05) is 29.5 Å². The van der Waals surface area contributed by atoms with E-state index in [-0.39, 0.29) is 41.7 Å². The summed E-state index contributed by atoms with van der Waals surface area (Å²) in [5.41, 5.74) is 7.15. The summed E-state index contributed by atoms with van der Waals surface area (Å²) in [5.74, 6) is 0. The molecule has 0 saturated carbocycles. The van der Waals surface area contributed by atoms with Crippen molar-refractivity contribution in [3.63, 3.8) is 0 Å². The molecule has 2 saturated heterocycles. The third kappa shape index (κ3) is 7.93. The van der Waals surface area contributed by atoms with Crippen LogP contribution in [-0.4, -0.2) is 38.7 Å². The third-order valence-electron chi connectivity index (χ3n) is 13.1. The van der Waals surface area contributed by atoms with Crippen molar-refractivity contribution >= 4 is 25.2 Å². The van der Waals surface area contributed by atoms with Gasteiger partial charge in [0.15, 0.2) is 0 Å². The Morgan fingerprint density at radius 1 is 0.571 bits per heavy atom. The molecule has 6 heteroatoms. The normalized spacial score (nSPS) is 21.4. The van der Waals surface area contributed by atoms with Crippen LogP contribution in [0.25, 0.3) is 11.1 Å². The smallest absolute Gasteiger partial charge is 0.407 e. The lowest BCUT2D eigenvalue weighted by Crippen LogP contribution is -2.59. The van der Waals surface area contributed by atoms with Crippen LogP contribution in [0.5, 0.6) is 0 Å². The van der Waals surface area contributed by atoms with E-state index in [4.69, 9.17) is 18.6 Å². The van der Waals surface area contributed by atoms with E-state index in [0.717, 1.165) is 18.3 Å². The lowest BCUT2D eigenvalue weighted by atomic mass is 9.61.